The van der Waals surface area contributed by atoms with Gasteiger partial charge in [-0.1, -0.05) is 54.6 Å². The molecule has 3 aromatic carbocycles. The Balaban J connectivity index is 1.48. The Morgan fingerprint density at radius 2 is 1.76 bits per heavy atom. The maximum atomic E-state index is 11.3. The summed E-state index contributed by atoms with van der Waals surface area (Å²) in [7, 11) is 1.38. The largest absolute Gasteiger partial charge is 0.492 e. The summed E-state index contributed by atoms with van der Waals surface area (Å²) in [5.41, 5.74) is 1.80. The van der Waals surface area contributed by atoms with Gasteiger partial charge in [-0.15, -0.1) is 0 Å². The van der Waals surface area contributed by atoms with Crippen LogP contribution in [-0.2, 0) is 16.0 Å². The lowest BCUT2D eigenvalue weighted by atomic mass is 10.0. The molecule has 2 unspecified atom stereocenters. The van der Waals surface area contributed by atoms with Crippen molar-refractivity contribution >= 4 is 16.7 Å². The maximum absolute atomic E-state index is 11.3. The molecule has 2 N–H and O–H groups in total. The molecule has 3 aromatic rings. The zero-order valence-electron chi connectivity index (χ0n) is 16.8. The van der Waals surface area contributed by atoms with Crippen molar-refractivity contribution in [1.82, 2.24) is 5.32 Å². The summed E-state index contributed by atoms with van der Waals surface area (Å²) in [6, 6.07) is 21.5. The quantitative estimate of drug-likeness (QED) is 0.543. The van der Waals surface area contributed by atoms with E-state index in [1.165, 1.54) is 7.11 Å². The molecule has 0 spiro atoms. The maximum Gasteiger partial charge on any atom is 0.309 e. The molecule has 0 heterocycles. The van der Waals surface area contributed by atoms with E-state index in [-0.39, 0.29) is 18.4 Å². The topological polar surface area (TPSA) is 67.8 Å². The van der Waals surface area contributed by atoms with Gasteiger partial charge in [-0.05, 0) is 41.0 Å². The van der Waals surface area contributed by atoms with Crippen LogP contribution >= 0.6 is 0 Å². The van der Waals surface area contributed by atoms with Crippen LogP contribution in [-0.4, -0.2) is 37.4 Å². The molecular formula is C24H27NO4. The van der Waals surface area contributed by atoms with Gasteiger partial charge in [0.1, 0.15) is 12.4 Å². The molecule has 0 aromatic heterocycles. The summed E-state index contributed by atoms with van der Waals surface area (Å²) < 4.78 is 10.5. The number of carbonyl (C=O) groups is 1. The predicted octanol–water partition coefficient (Wildman–Crippen LogP) is 3.65. The zero-order valence-corrected chi connectivity index (χ0v) is 16.8. The first-order valence-corrected chi connectivity index (χ1v) is 9.74. The standard InChI is InChI=1S/C24H27NO4/c1-17(16-29-20-12-10-18(11-13-20)14-24(27)28-2)25-15-23(26)22-9-5-7-19-6-3-4-8-21(19)22/h3-13,17,23,25-26H,14-16H2,1-2H3. The number of ether oxygens (including phenoxy) is 2. The Morgan fingerprint density at radius 3 is 2.52 bits per heavy atom. The second-order valence-corrected chi connectivity index (χ2v) is 7.10. The van der Waals surface area contributed by atoms with Crippen LogP contribution in [0, 0.1) is 0 Å². The summed E-state index contributed by atoms with van der Waals surface area (Å²) in [6.45, 7) is 2.93. The molecule has 0 aliphatic rings. The molecule has 5 nitrogen and oxygen atoms in total. The number of benzene rings is 3. The lowest BCUT2D eigenvalue weighted by Gasteiger charge is -2.19. The number of methoxy groups -OCH3 is 1. The summed E-state index contributed by atoms with van der Waals surface area (Å²) in [4.78, 5) is 11.3. The van der Waals surface area contributed by atoms with Crippen LogP contribution in [0.5, 0.6) is 5.75 Å². The van der Waals surface area contributed by atoms with Crippen molar-refractivity contribution in [2.45, 2.75) is 25.5 Å². The number of rotatable bonds is 9. The molecule has 0 bridgehead atoms. The van der Waals surface area contributed by atoms with E-state index < -0.39 is 6.10 Å². The van der Waals surface area contributed by atoms with Crippen molar-refractivity contribution in [1.29, 1.82) is 0 Å². The average Bonchev–Trinajstić information content (AvgIpc) is 2.76. The molecule has 5 heteroatoms. The smallest absolute Gasteiger partial charge is 0.309 e. The minimum atomic E-state index is -0.596. The van der Waals surface area contributed by atoms with E-state index >= 15 is 0 Å². The highest BCUT2D eigenvalue weighted by Crippen LogP contribution is 2.24. The van der Waals surface area contributed by atoms with Crippen LogP contribution in [0.3, 0.4) is 0 Å². The van der Waals surface area contributed by atoms with E-state index in [2.05, 4.69) is 10.1 Å². The Labute approximate surface area is 171 Å². The monoisotopic (exact) mass is 393 g/mol. The minimum absolute atomic E-state index is 0.0642. The summed E-state index contributed by atoms with van der Waals surface area (Å²) in [5.74, 6) is 0.475. The number of aliphatic hydroxyl groups is 1. The van der Waals surface area contributed by atoms with Gasteiger partial charge in [0.25, 0.3) is 0 Å². The number of fused-ring (bicyclic) bond motifs is 1. The third kappa shape index (κ3) is 5.79. The highest BCUT2D eigenvalue weighted by atomic mass is 16.5. The Morgan fingerprint density at radius 1 is 1.03 bits per heavy atom. The molecule has 0 amide bonds. The third-order valence-corrected chi connectivity index (χ3v) is 4.84. The molecule has 152 valence electrons. The number of hydrogen-bond acceptors (Lipinski definition) is 5. The Bertz CT molecular complexity index is 934. The van der Waals surface area contributed by atoms with Gasteiger partial charge in [-0.3, -0.25) is 4.79 Å². The zero-order chi connectivity index (χ0) is 20.6. The van der Waals surface area contributed by atoms with Gasteiger partial charge in [0.2, 0.25) is 0 Å². The van der Waals surface area contributed by atoms with Crippen LogP contribution in [0.4, 0.5) is 0 Å². The van der Waals surface area contributed by atoms with E-state index in [0.29, 0.717) is 13.2 Å². The van der Waals surface area contributed by atoms with Gasteiger partial charge in [0.05, 0.1) is 19.6 Å². The van der Waals surface area contributed by atoms with Gasteiger partial charge >= 0.3 is 5.97 Å². The van der Waals surface area contributed by atoms with Crippen LogP contribution in [0.15, 0.2) is 66.7 Å². The fourth-order valence-corrected chi connectivity index (χ4v) is 3.19. The van der Waals surface area contributed by atoms with Crippen LogP contribution < -0.4 is 10.1 Å². The second-order valence-electron chi connectivity index (χ2n) is 7.10. The van der Waals surface area contributed by atoms with Gasteiger partial charge in [0.15, 0.2) is 0 Å². The lowest BCUT2D eigenvalue weighted by molar-refractivity contribution is -0.139. The van der Waals surface area contributed by atoms with Gasteiger partial charge in [-0.2, -0.15) is 0 Å². The summed E-state index contributed by atoms with van der Waals surface area (Å²) >= 11 is 0. The highest BCUT2D eigenvalue weighted by molar-refractivity contribution is 5.86. The van der Waals surface area contributed by atoms with Gasteiger partial charge in [0, 0.05) is 12.6 Å². The molecule has 0 saturated heterocycles. The molecular weight excluding hydrogens is 366 g/mol. The first-order valence-electron chi connectivity index (χ1n) is 9.74. The Hall–Kier alpha value is -2.89. The predicted molar refractivity (Wildman–Crippen MR) is 114 cm³/mol. The highest BCUT2D eigenvalue weighted by Gasteiger charge is 2.13. The van der Waals surface area contributed by atoms with Crippen LogP contribution in [0.2, 0.25) is 0 Å². The SMILES string of the molecule is COC(=O)Cc1ccc(OCC(C)NCC(O)c2cccc3ccccc23)cc1. The normalized spacial score (nSPS) is 13.1. The fourth-order valence-electron chi connectivity index (χ4n) is 3.19. The van der Waals surface area contributed by atoms with Crippen LogP contribution in [0.1, 0.15) is 24.2 Å². The molecule has 0 aliphatic carbocycles. The van der Waals surface area contributed by atoms with Gasteiger partial charge in [-0.25, -0.2) is 0 Å². The van der Waals surface area contributed by atoms with Crippen molar-refractivity contribution < 1.29 is 19.4 Å². The average molecular weight is 393 g/mol. The first-order chi connectivity index (χ1) is 14.1. The van der Waals surface area contributed by atoms with Crippen molar-refractivity contribution in [3.05, 3.63) is 77.9 Å². The lowest BCUT2D eigenvalue weighted by Crippen LogP contribution is -2.35. The second kappa shape index (κ2) is 10.0. The minimum Gasteiger partial charge on any atom is -0.492 e. The van der Waals surface area contributed by atoms with E-state index in [1.807, 2.05) is 73.7 Å². The molecule has 0 fully saturated rings. The molecule has 2 atom stereocenters. The van der Waals surface area contributed by atoms with Crippen molar-refractivity contribution in [2.24, 2.45) is 0 Å². The van der Waals surface area contributed by atoms with Crippen molar-refractivity contribution in [2.75, 3.05) is 20.3 Å². The van der Waals surface area contributed by atoms with Gasteiger partial charge < -0.3 is 19.9 Å². The number of hydrogen-bond donors (Lipinski definition) is 2. The van der Waals surface area contributed by atoms with E-state index in [1.54, 1.807) is 0 Å². The number of nitrogens with one attached hydrogen (secondary N) is 1. The molecule has 0 aliphatic heterocycles. The fraction of sp³-hybridized carbons (Fsp3) is 0.292. The summed E-state index contributed by atoms with van der Waals surface area (Å²) in [6.07, 6.45) is -0.345. The van der Waals surface area contributed by atoms with Crippen molar-refractivity contribution in [3.63, 3.8) is 0 Å². The molecule has 0 saturated carbocycles. The first kappa shape index (κ1) is 20.8. The third-order valence-electron chi connectivity index (χ3n) is 4.84. The van der Waals surface area contributed by atoms with E-state index in [0.717, 1.165) is 27.6 Å². The number of esters is 1. The molecule has 29 heavy (non-hydrogen) atoms. The van der Waals surface area contributed by atoms with E-state index in [4.69, 9.17) is 4.74 Å². The molecule has 0 radical (unpaired) electrons. The van der Waals surface area contributed by atoms with Crippen LogP contribution in [0.25, 0.3) is 10.8 Å². The van der Waals surface area contributed by atoms with E-state index in [9.17, 15) is 9.90 Å². The summed E-state index contributed by atoms with van der Waals surface area (Å²) in [5, 5.41) is 16.2. The van der Waals surface area contributed by atoms with Crippen molar-refractivity contribution in [3.8, 4) is 5.75 Å². The Kier molecular flexibility index (Phi) is 7.22. The number of carbonyl (C=O) groups excluding carboxylic acids is 1. The number of aliphatic hydroxyl groups excluding tert-OH is 1. The molecule has 3 rings (SSSR count).